The fourth-order valence-corrected chi connectivity index (χ4v) is 2.41. The minimum Gasteiger partial charge on any atom is -0.478 e. The Balaban J connectivity index is 2.09. The van der Waals surface area contributed by atoms with Crippen LogP contribution < -0.4 is 0 Å². The smallest absolute Gasteiger partial charge is 0.336 e. The first-order valence-corrected chi connectivity index (χ1v) is 6.94. The summed E-state index contributed by atoms with van der Waals surface area (Å²) in [5.74, 6) is -1.33. The molecule has 6 nitrogen and oxygen atoms in total. The van der Waals surface area contributed by atoms with Crippen LogP contribution >= 0.6 is 0 Å². The van der Waals surface area contributed by atoms with Crippen LogP contribution in [-0.2, 0) is 4.79 Å². The second kappa shape index (κ2) is 6.39. The molecule has 0 aromatic heterocycles. The van der Waals surface area contributed by atoms with E-state index >= 15 is 0 Å². The minimum atomic E-state index is -1.11. The number of carboxylic acid groups (broad SMARTS) is 1. The van der Waals surface area contributed by atoms with Gasteiger partial charge in [0.05, 0.1) is 11.1 Å². The van der Waals surface area contributed by atoms with E-state index in [0.29, 0.717) is 32.6 Å². The third-order valence-electron chi connectivity index (χ3n) is 3.61. The highest BCUT2D eigenvalue weighted by atomic mass is 16.4. The van der Waals surface area contributed by atoms with Gasteiger partial charge in [0.2, 0.25) is 5.91 Å². The van der Waals surface area contributed by atoms with Gasteiger partial charge in [0.15, 0.2) is 0 Å². The number of carbonyl (C=O) groups excluding carboxylic acids is 2. The number of hydrogen-bond donors (Lipinski definition) is 1. The number of rotatable bonds is 3. The summed E-state index contributed by atoms with van der Waals surface area (Å²) >= 11 is 0. The summed E-state index contributed by atoms with van der Waals surface area (Å²) in [4.78, 5) is 38.5. The summed E-state index contributed by atoms with van der Waals surface area (Å²) in [6.07, 6.45) is 0.454. The second-order valence-corrected chi connectivity index (χ2v) is 4.88. The summed E-state index contributed by atoms with van der Waals surface area (Å²) in [6, 6.07) is 6.19. The molecule has 0 spiro atoms. The van der Waals surface area contributed by atoms with Crippen molar-refractivity contribution in [3.63, 3.8) is 0 Å². The van der Waals surface area contributed by atoms with Gasteiger partial charge in [-0.25, -0.2) is 4.79 Å². The highest BCUT2D eigenvalue weighted by molar-refractivity contribution is 6.04. The van der Waals surface area contributed by atoms with Crippen LogP contribution in [0, 0.1) is 0 Å². The maximum Gasteiger partial charge on any atom is 0.336 e. The summed E-state index contributed by atoms with van der Waals surface area (Å²) in [5.41, 5.74) is 0.204. The maximum atomic E-state index is 12.4. The van der Waals surface area contributed by atoms with Gasteiger partial charge in [-0.15, -0.1) is 0 Å². The molecule has 1 aliphatic rings. The molecule has 1 aromatic carbocycles. The van der Waals surface area contributed by atoms with Gasteiger partial charge in [0.1, 0.15) is 0 Å². The van der Waals surface area contributed by atoms with E-state index < -0.39 is 5.97 Å². The van der Waals surface area contributed by atoms with E-state index in [2.05, 4.69) is 0 Å². The van der Waals surface area contributed by atoms with Crippen molar-refractivity contribution >= 4 is 17.8 Å². The molecular weight excluding hydrogens is 272 g/mol. The molecule has 1 heterocycles. The molecule has 0 atom stereocenters. The Morgan fingerprint density at radius 3 is 2.05 bits per heavy atom. The van der Waals surface area contributed by atoms with Gasteiger partial charge in [-0.05, 0) is 12.1 Å². The van der Waals surface area contributed by atoms with Crippen LogP contribution in [0.5, 0.6) is 0 Å². The SMILES string of the molecule is CCC(=O)N1CCN(C(=O)c2ccccc2C(=O)O)CC1. The molecular formula is C15H18N2O4. The lowest BCUT2D eigenvalue weighted by molar-refractivity contribution is -0.132. The van der Waals surface area contributed by atoms with Gasteiger partial charge < -0.3 is 14.9 Å². The Kier molecular flexibility index (Phi) is 4.57. The quantitative estimate of drug-likeness (QED) is 0.903. The van der Waals surface area contributed by atoms with Gasteiger partial charge in [0.25, 0.3) is 5.91 Å². The number of amides is 2. The zero-order chi connectivity index (χ0) is 15.4. The third-order valence-corrected chi connectivity index (χ3v) is 3.61. The number of carbonyl (C=O) groups is 3. The van der Waals surface area contributed by atoms with Gasteiger partial charge in [-0.3, -0.25) is 9.59 Å². The van der Waals surface area contributed by atoms with Crippen molar-refractivity contribution in [2.75, 3.05) is 26.2 Å². The zero-order valence-corrected chi connectivity index (χ0v) is 11.9. The molecule has 0 aliphatic carbocycles. The van der Waals surface area contributed by atoms with E-state index in [1.807, 2.05) is 6.92 Å². The van der Waals surface area contributed by atoms with Crippen LogP contribution in [-0.4, -0.2) is 58.9 Å². The Hall–Kier alpha value is -2.37. The summed E-state index contributed by atoms with van der Waals surface area (Å²) in [5, 5.41) is 9.14. The van der Waals surface area contributed by atoms with E-state index in [1.165, 1.54) is 12.1 Å². The molecule has 2 amide bonds. The van der Waals surface area contributed by atoms with E-state index in [-0.39, 0.29) is 22.9 Å². The number of nitrogens with zero attached hydrogens (tertiary/aromatic N) is 2. The van der Waals surface area contributed by atoms with Gasteiger partial charge in [-0.2, -0.15) is 0 Å². The molecule has 0 saturated carbocycles. The Morgan fingerprint density at radius 1 is 1.00 bits per heavy atom. The summed E-state index contributed by atoms with van der Waals surface area (Å²) < 4.78 is 0. The van der Waals surface area contributed by atoms with Gasteiger partial charge in [-0.1, -0.05) is 19.1 Å². The minimum absolute atomic E-state index is 0.00886. The van der Waals surface area contributed by atoms with E-state index in [9.17, 15) is 14.4 Å². The van der Waals surface area contributed by atoms with Crippen molar-refractivity contribution in [1.82, 2.24) is 9.80 Å². The highest BCUT2D eigenvalue weighted by Crippen LogP contribution is 2.14. The number of carboxylic acids is 1. The fourth-order valence-electron chi connectivity index (χ4n) is 2.41. The van der Waals surface area contributed by atoms with Crippen LogP contribution in [0.15, 0.2) is 24.3 Å². The number of benzene rings is 1. The Morgan fingerprint density at radius 2 is 1.52 bits per heavy atom. The maximum absolute atomic E-state index is 12.4. The molecule has 0 unspecified atom stereocenters. The van der Waals surface area contributed by atoms with Crippen LogP contribution in [0.4, 0.5) is 0 Å². The van der Waals surface area contributed by atoms with Crippen molar-refractivity contribution in [2.45, 2.75) is 13.3 Å². The molecule has 1 fully saturated rings. The average molecular weight is 290 g/mol. The monoisotopic (exact) mass is 290 g/mol. The second-order valence-electron chi connectivity index (χ2n) is 4.88. The summed E-state index contributed by atoms with van der Waals surface area (Å²) in [6.45, 7) is 3.65. The van der Waals surface area contributed by atoms with Crippen molar-refractivity contribution in [3.05, 3.63) is 35.4 Å². The van der Waals surface area contributed by atoms with E-state index in [4.69, 9.17) is 5.11 Å². The molecule has 6 heteroatoms. The first-order chi connectivity index (χ1) is 10.0. The van der Waals surface area contributed by atoms with Crippen LogP contribution in [0.2, 0.25) is 0 Å². The van der Waals surface area contributed by atoms with Crippen molar-refractivity contribution < 1.29 is 19.5 Å². The Bertz CT molecular complexity index is 563. The lowest BCUT2D eigenvalue weighted by atomic mass is 10.1. The predicted octanol–water partition coefficient (Wildman–Crippen LogP) is 1.08. The van der Waals surface area contributed by atoms with Crippen LogP contribution in [0.1, 0.15) is 34.1 Å². The van der Waals surface area contributed by atoms with E-state index in [1.54, 1.807) is 21.9 Å². The van der Waals surface area contributed by atoms with Crippen molar-refractivity contribution in [1.29, 1.82) is 0 Å². The van der Waals surface area contributed by atoms with Gasteiger partial charge in [0, 0.05) is 32.6 Å². The molecule has 2 rings (SSSR count). The first kappa shape index (κ1) is 15.0. The normalized spacial score (nSPS) is 14.9. The number of piperazine rings is 1. The van der Waals surface area contributed by atoms with Crippen LogP contribution in [0.3, 0.4) is 0 Å². The molecule has 0 bridgehead atoms. The standard InChI is InChI=1S/C15H18N2O4/c1-2-13(18)16-7-9-17(10-8-16)14(19)11-5-3-4-6-12(11)15(20)21/h3-6H,2,7-10H2,1H3,(H,20,21). The molecule has 1 aliphatic heterocycles. The van der Waals surface area contributed by atoms with Crippen molar-refractivity contribution in [2.24, 2.45) is 0 Å². The highest BCUT2D eigenvalue weighted by Gasteiger charge is 2.26. The molecule has 21 heavy (non-hydrogen) atoms. The Labute approximate surface area is 123 Å². The zero-order valence-electron chi connectivity index (χ0n) is 11.9. The van der Waals surface area contributed by atoms with Crippen molar-refractivity contribution in [3.8, 4) is 0 Å². The molecule has 0 radical (unpaired) electrons. The number of hydrogen-bond acceptors (Lipinski definition) is 3. The average Bonchev–Trinajstić information content (AvgIpc) is 2.53. The number of aromatic carboxylic acids is 1. The molecule has 1 aromatic rings. The first-order valence-electron chi connectivity index (χ1n) is 6.94. The predicted molar refractivity (Wildman–Crippen MR) is 76.2 cm³/mol. The van der Waals surface area contributed by atoms with Gasteiger partial charge >= 0.3 is 5.97 Å². The lowest BCUT2D eigenvalue weighted by Crippen LogP contribution is -2.50. The van der Waals surface area contributed by atoms with E-state index in [0.717, 1.165) is 0 Å². The molecule has 1 saturated heterocycles. The van der Waals surface area contributed by atoms with Crippen LogP contribution in [0.25, 0.3) is 0 Å². The topological polar surface area (TPSA) is 77.9 Å². The fraction of sp³-hybridized carbons (Fsp3) is 0.400. The lowest BCUT2D eigenvalue weighted by Gasteiger charge is -2.34. The molecule has 1 N–H and O–H groups in total. The third kappa shape index (κ3) is 3.21. The largest absolute Gasteiger partial charge is 0.478 e. The molecule has 112 valence electrons. The summed E-state index contributed by atoms with van der Waals surface area (Å²) in [7, 11) is 0.